The van der Waals surface area contributed by atoms with Crippen molar-refractivity contribution in [1.82, 2.24) is 9.97 Å². The quantitative estimate of drug-likeness (QED) is 0.435. The molecule has 2 heterocycles. The van der Waals surface area contributed by atoms with Crippen LogP contribution in [-0.4, -0.2) is 17.1 Å². The van der Waals surface area contributed by atoms with Crippen molar-refractivity contribution in [2.45, 2.75) is 13.8 Å². The van der Waals surface area contributed by atoms with Crippen LogP contribution >= 0.6 is 22.9 Å². The molecule has 0 bridgehead atoms. The first-order valence-corrected chi connectivity index (χ1v) is 9.74. The summed E-state index contributed by atoms with van der Waals surface area (Å²) in [4.78, 5) is 10.3. The van der Waals surface area contributed by atoms with Crippen molar-refractivity contribution < 1.29 is 4.74 Å². The van der Waals surface area contributed by atoms with E-state index in [9.17, 15) is 0 Å². The molecule has 0 saturated heterocycles. The van der Waals surface area contributed by atoms with Gasteiger partial charge in [-0.3, -0.25) is 0 Å². The van der Waals surface area contributed by atoms with Crippen molar-refractivity contribution in [2.75, 3.05) is 12.4 Å². The van der Waals surface area contributed by atoms with E-state index in [1.165, 1.54) is 0 Å². The van der Waals surface area contributed by atoms with Crippen LogP contribution in [0.25, 0.3) is 21.3 Å². The molecule has 0 aliphatic carbocycles. The molecule has 27 heavy (non-hydrogen) atoms. The van der Waals surface area contributed by atoms with Crippen molar-refractivity contribution in [2.24, 2.45) is 0 Å². The van der Waals surface area contributed by atoms with E-state index in [1.54, 1.807) is 18.4 Å². The zero-order chi connectivity index (χ0) is 19.0. The third kappa shape index (κ3) is 3.48. The van der Waals surface area contributed by atoms with Crippen LogP contribution in [0.4, 0.5) is 11.5 Å². The number of hydrogen-bond acceptors (Lipinski definition) is 5. The third-order valence-electron chi connectivity index (χ3n) is 4.39. The largest absolute Gasteiger partial charge is 0.497 e. The highest BCUT2D eigenvalue weighted by atomic mass is 35.5. The zero-order valence-corrected chi connectivity index (χ0v) is 16.8. The van der Waals surface area contributed by atoms with Crippen molar-refractivity contribution in [3.05, 3.63) is 64.3 Å². The molecule has 2 aromatic carbocycles. The molecule has 1 N–H and O–H groups in total. The van der Waals surface area contributed by atoms with Gasteiger partial charge < -0.3 is 10.1 Å². The maximum absolute atomic E-state index is 6.09. The molecule has 0 aliphatic heterocycles. The molecule has 136 valence electrons. The number of rotatable bonds is 4. The number of benzene rings is 2. The van der Waals surface area contributed by atoms with E-state index >= 15 is 0 Å². The first kappa shape index (κ1) is 17.8. The van der Waals surface area contributed by atoms with Gasteiger partial charge in [-0.15, -0.1) is 11.3 Å². The number of thiophene rings is 1. The summed E-state index contributed by atoms with van der Waals surface area (Å²) in [6, 6.07) is 13.8. The molecule has 0 saturated carbocycles. The van der Waals surface area contributed by atoms with Gasteiger partial charge in [-0.1, -0.05) is 23.7 Å². The smallest absolute Gasteiger partial charge is 0.143 e. The second kappa shape index (κ2) is 7.18. The van der Waals surface area contributed by atoms with Gasteiger partial charge in [0.1, 0.15) is 22.2 Å². The van der Waals surface area contributed by atoms with Gasteiger partial charge >= 0.3 is 0 Å². The van der Waals surface area contributed by atoms with E-state index in [1.807, 2.05) is 44.2 Å². The van der Waals surface area contributed by atoms with Crippen LogP contribution in [0.15, 0.2) is 47.8 Å². The van der Waals surface area contributed by atoms with Gasteiger partial charge in [0, 0.05) is 21.7 Å². The fourth-order valence-electron chi connectivity index (χ4n) is 3.02. The van der Waals surface area contributed by atoms with Crippen LogP contribution < -0.4 is 10.1 Å². The fraction of sp³-hybridized carbons (Fsp3) is 0.143. The molecule has 0 unspecified atom stereocenters. The molecule has 0 radical (unpaired) electrons. The summed E-state index contributed by atoms with van der Waals surface area (Å²) in [5, 5.41) is 7.34. The minimum Gasteiger partial charge on any atom is -0.497 e. The highest BCUT2D eigenvalue weighted by Gasteiger charge is 2.15. The van der Waals surface area contributed by atoms with Gasteiger partial charge in [-0.05, 0) is 55.3 Å². The number of hydrogen-bond donors (Lipinski definition) is 1. The van der Waals surface area contributed by atoms with Gasteiger partial charge in [0.05, 0.1) is 12.5 Å². The standard InChI is InChI=1S/C21H18ClN3OS/c1-12-10-15(22)6-9-18(12)25-20-19-17(11-27-21(19)24-13(2)23-20)14-4-7-16(26-3)8-5-14/h4-11H,1-3H3,(H,23,24,25). The fourth-order valence-corrected chi connectivity index (χ4v) is 4.24. The first-order valence-electron chi connectivity index (χ1n) is 8.48. The second-order valence-electron chi connectivity index (χ2n) is 6.26. The van der Waals surface area contributed by atoms with Crippen LogP contribution in [0, 0.1) is 13.8 Å². The van der Waals surface area contributed by atoms with Crippen molar-refractivity contribution in [3.63, 3.8) is 0 Å². The Morgan fingerprint density at radius 2 is 1.81 bits per heavy atom. The van der Waals surface area contributed by atoms with E-state index in [0.717, 1.165) is 55.0 Å². The Morgan fingerprint density at radius 3 is 2.52 bits per heavy atom. The molecule has 0 amide bonds. The lowest BCUT2D eigenvalue weighted by atomic mass is 10.1. The molecule has 0 atom stereocenters. The number of ether oxygens (including phenoxy) is 1. The van der Waals surface area contributed by atoms with Crippen LogP contribution in [0.5, 0.6) is 5.75 Å². The molecular weight excluding hydrogens is 378 g/mol. The summed E-state index contributed by atoms with van der Waals surface area (Å²) in [5.41, 5.74) is 4.25. The summed E-state index contributed by atoms with van der Waals surface area (Å²) < 4.78 is 5.27. The average Bonchev–Trinajstić information content (AvgIpc) is 3.08. The number of halogens is 1. The van der Waals surface area contributed by atoms with E-state index in [4.69, 9.17) is 16.3 Å². The highest BCUT2D eigenvalue weighted by Crippen LogP contribution is 2.38. The van der Waals surface area contributed by atoms with E-state index in [-0.39, 0.29) is 0 Å². The van der Waals surface area contributed by atoms with Gasteiger partial charge in [0.25, 0.3) is 0 Å². The van der Waals surface area contributed by atoms with Crippen LogP contribution in [0.2, 0.25) is 5.02 Å². The van der Waals surface area contributed by atoms with Crippen LogP contribution in [-0.2, 0) is 0 Å². The van der Waals surface area contributed by atoms with Crippen molar-refractivity contribution in [3.8, 4) is 16.9 Å². The predicted octanol–water partition coefficient (Wildman–Crippen LogP) is 6.38. The number of aryl methyl sites for hydroxylation is 2. The lowest BCUT2D eigenvalue weighted by molar-refractivity contribution is 0.415. The van der Waals surface area contributed by atoms with E-state index in [2.05, 4.69) is 32.8 Å². The van der Waals surface area contributed by atoms with Crippen LogP contribution in [0.1, 0.15) is 11.4 Å². The minimum absolute atomic E-state index is 0.719. The monoisotopic (exact) mass is 395 g/mol. The molecular formula is C21H18ClN3OS. The predicted molar refractivity (Wildman–Crippen MR) is 114 cm³/mol. The molecule has 2 aromatic heterocycles. The summed E-state index contributed by atoms with van der Waals surface area (Å²) in [7, 11) is 1.67. The molecule has 6 heteroatoms. The molecule has 4 aromatic rings. The number of fused-ring (bicyclic) bond motifs is 1. The zero-order valence-electron chi connectivity index (χ0n) is 15.2. The number of anilines is 2. The lowest BCUT2D eigenvalue weighted by Gasteiger charge is -2.12. The van der Waals surface area contributed by atoms with Gasteiger partial charge in [0.15, 0.2) is 0 Å². The minimum atomic E-state index is 0.719. The van der Waals surface area contributed by atoms with Gasteiger partial charge in [-0.2, -0.15) is 0 Å². The Bertz CT molecular complexity index is 1120. The van der Waals surface area contributed by atoms with Gasteiger partial charge in [-0.25, -0.2) is 9.97 Å². The third-order valence-corrected chi connectivity index (χ3v) is 5.50. The molecule has 4 nitrogen and oxygen atoms in total. The molecule has 0 fully saturated rings. The van der Waals surface area contributed by atoms with Gasteiger partial charge in [0.2, 0.25) is 0 Å². The Balaban J connectivity index is 1.85. The summed E-state index contributed by atoms with van der Waals surface area (Å²) in [5.74, 6) is 2.37. The lowest BCUT2D eigenvalue weighted by Crippen LogP contribution is -1.99. The highest BCUT2D eigenvalue weighted by molar-refractivity contribution is 7.17. The van der Waals surface area contributed by atoms with Crippen molar-refractivity contribution in [1.29, 1.82) is 0 Å². The number of nitrogens with one attached hydrogen (secondary N) is 1. The van der Waals surface area contributed by atoms with Crippen LogP contribution in [0.3, 0.4) is 0 Å². The van der Waals surface area contributed by atoms with Crippen molar-refractivity contribution >= 4 is 44.7 Å². The average molecular weight is 396 g/mol. The molecule has 4 rings (SSSR count). The first-order chi connectivity index (χ1) is 13.0. The normalized spacial score (nSPS) is 11.0. The number of aromatic nitrogens is 2. The maximum atomic E-state index is 6.09. The second-order valence-corrected chi connectivity index (χ2v) is 7.56. The van der Waals surface area contributed by atoms with E-state index in [0.29, 0.717) is 0 Å². The van der Waals surface area contributed by atoms with E-state index < -0.39 is 0 Å². The topological polar surface area (TPSA) is 47.0 Å². The SMILES string of the molecule is COc1ccc(-c2csc3nc(C)nc(Nc4ccc(Cl)cc4C)c23)cc1. The Hall–Kier alpha value is -2.63. The Morgan fingerprint density at radius 1 is 1.04 bits per heavy atom. The molecule has 0 aliphatic rings. The summed E-state index contributed by atoms with van der Waals surface area (Å²) in [6.07, 6.45) is 0. The summed E-state index contributed by atoms with van der Waals surface area (Å²) >= 11 is 7.71. The maximum Gasteiger partial charge on any atom is 0.143 e. The Labute approximate surface area is 166 Å². The summed E-state index contributed by atoms with van der Waals surface area (Å²) in [6.45, 7) is 3.93. The molecule has 0 spiro atoms. The Kier molecular flexibility index (Phi) is 4.72. The number of nitrogens with zero attached hydrogens (tertiary/aromatic N) is 2. The number of methoxy groups -OCH3 is 1.